The number of amides is 1. The molecule has 16 heavy (non-hydrogen) atoms. The SMILES string of the molecule is CCC(CC1CCCC1)C(=O)N(C)CCO. The molecule has 0 heterocycles. The minimum absolute atomic E-state index is 0.0576. The minimum Gasteiger partial charge on any atom is -0.395 e. The third-order valence-electron chi connectivity index (χ3n) is 3.75. The number of aliphatic hydroxyl groups excluding tert-OH is 1. The summed E-state index contributed by atoms with van der Waals surface area (Å²) in [6, 6.07) is 0. The second-order valence-corrected chi connectivity index (χ2v) is 4.97. The monoisotopic (exact) mass is 227 g/mol. The molecule has 1 aliphatic rings. The van der Waals surface area contributed by atoms with Crippen molar-refractivity contribution in [1.29, 1.82) is 0 Å². The molecule has 94 valence electrons. The van der Waals surface area contributed by atoms with Crippen LogP contribution in [0.4, 0.5) is 0 Å². The zero-order chi connectivity index (χ0) is 12.0. The van der Waals surface area contributed by atoms with Crippen molar-refractivity contribution in [2.75, 3.05) is 20.2 Å². The Bertz CT molecular complexity index is 212. The van der Waals surface area contributed by atoms with Gasteiger partial charge in [-0.1, -0.05) is 32.6 Å². The Kier molecular flexibility index (Phi) is 5.81. The fourth-order valence-electron chi connectivity index (χ4n) is 2.66. The summed E-state index contributed by atoms with van der Waals surface area (Å²) < 4.78 is 0. The summed E-state index contributed by atoms with van der Waals surface area (Å²) in [5.74, 6) is 1.14. The highest BCUT2D eigenvalue weighted by atomic mass is 16.3. The Balaban J connectivity index is 2.42. The molecule has 0 aromatic heterocycles. The van der Waals surface area contributed by atoms with Gasteiger partial charge in [0.05, 0.1) is 6.61 Å². The molecule has 1 rings (SSSR count). The molecule has 0 aromatic rings. The van der Waals surface area contributed by atoms with Crippen LogP contribution >= 0.6 is 0 Å². The normalized spacial score (nSPS) is 18.7. The summed E-state index contributed by atoms with van der Waals surface area (Å²) in [6.07, 6.45) is 7.24. The molecule has 0 aliphatic heterocycles. The van der Waals surface area contributed by atoms with E-state index in [1.165, 1.54) is 25.7 Å². The average Bonchev–Trinajstić information content (AvgIpc) is 2.78. The summed E-state index contributed by atoms with van der Waals surface area (Å²) >= 11 is 0. The van der Waals surface area contributed by atoms with Gasteiger partial charge in [-0.3, -0.25) is 4.79 Å². The molecule has 0 spiro atoms. The topological polar surface area (TPSA) is 40.5 Å². The van der Waals surface area contributed by atoms with Gasteiger partial charge in [0.2, 0.25) is 5.91 Å². The number of nitrogens with zero attached hydrogens (tertiary/aromatic N) is 1. The van der Waals surface area contributed by atoms with Gasteiger partial charge < -0.3 is 10.0 Å². The van der Waals surface area contributed by atoms with Crippen LogP contribution in [0.25, 0.3) is 0 Å². The Morgan fingerprint density at radius 1 is 1.44 bits per heavy atom. The molecule has 1 unspecified atom stereocenters. The van der Waals surface area contributed by atoms with Crippen molar-refractivity contribution < 1.29 is 9.90 Å². The molecular formula is C13H25NO2. The quantitative estimate of drug-likeness (QED) is 0.754. The van der Waals surface area contributed by atoms with Crippen LogP contribution in [0.2, 0.25) is 0 Å². The summed E-state index contributed by atoms with van der Waals surface area (Å²) in [5, 5.41) is 8.83. The highest BCUT2D eigenvalue weighted by Crippen LogP contribution is 2.31. The molecule has 0 radical (unpaired) electrons. The highest BCUT2D eigenvalue weighted by molar-refractivity contribution is 5.78. The minimum atomic E-state index is 0.0576. The largest absolute Gasteiger partial charge is 0.395 e. The van der Waals surface area contributed by atoms with Gasteiger partial charge in [0, 0.05) is 19.5 Å². The molecule has 1 atom stereocenters. The molecule has 0 saturated heterocycles. The van der Waals surface area contributed by atoms with Gasteiger partial charge in [-0.05, 0) is 18.8 Å². The first-order valence-electron chi connectivity index (χ1n) is 6.54. The number of aliphatic hydroxyl groups is 1. The second kappa shape index (κ2) is 6.89. The molecule has 3 heteroatoms. The zero-order valence-corrected chi connectivity index (χ0v) is 10.6. The van der Waals surface area contributed by atoms with Crippen LogP contribution in [-0.4, -0.2) is 36.1 Å². The number of hydrogen-bond acceptors (Lipinski definition) is 2. The van der Waals surface area contributed by atoms with Crippen molar-refractivity contribution >= 4 is 5.91 Å². The van der Waals surface area contributed by atoms with E-state index in [9.17, 15) is 4.79 Å². The number of likely N-dealkylation sites (N-methyl/N-ethyl adjacent to an activating group) is 1. The lowest BCUT2D eigenvalue weighted by Crippen LogP contribution is -2.35. The molecule has 0 bridgehead atoms. The third kappa shape index (κ3) is 3.78. The summed E-state index contributed by atoms with van der Waals surface area (Å²) in [6.45, 7) is 2.60. The molecule has 0 aromatic carbocycles. The molecule has 1 N–H and O–H groups in total. The average molecular weight is 227 g/mol. The molecule has 1 aliphatic carbocycles. The first kappa shape index (κ1) is 13.5. The Labute approximate surface area is 98.8 Å². The first-order chi connectivity index (χ1) is 7.69. The summed E-state index contributed by atoms with van der Waals surface area (Å²) in [5.41, 5.74) is 0. The van der Waals surface area contributed by atoms with Crippen molar-refractivity contribution in [2.45, 2.75) is 45.4 Å². The lowest BCUT2D eigenvalue weighted by molar-refractivity contribution is -0.135. The van der Waals surface area contributed by atoms with E-state index in [0.29, 0.717) is 6.54 Å². The Morgan fingerprint density at radius 2 is 2.06 bits per heavy atom. The lowest BCUT2D eigenvalue weighted by Gasteiger charge is -2.24. The Hall–Kier alpha value is -0.570. The zero-order valence-electron chi connectivity index (χ0n) is 10.6. The molecular weight excluding hydrogens is 202 g/mol. The van der Waals surface area contributed by atoms with Crippen molar-refractivity contribution in [3.8, 4) is 0 Å². The van der Waals surface area contributed by atoms with E-state index in [0.717, 1.165) is 18.8 Å². The maximum atomic E-state index is 12.1. The fourth-order valence-corrected chi connectivity index (χ4v) is 2.66. The van der Waals surface area contributed by atoms with Crippen molar-refractivity contribution in [1.82, 2.24) is 4.90 Å². The fraction of sp³-hybridized carbons (Fsp3) is 0.923. The van der Waals surface area contributed by atoms with Crippen LogP contribution < -0.4 is 0 Å². The molecule has 1 fully saturated rings. The third-order valence-corrected chi connectivity index (χ3v) is 3.75. The number of carbonyl (C=O) groups is 1. The van der Waals surface area contributed by atoms with Gasteiger partial charge in [-0.2, -0.15) is 0 Å². The summed E-state index contributed by atoms with van der Waals surface area (Å²) in [7, 11) is 1.79. The lowest BCUT2D eigenvalue weighted by atomic mass is 9.90. The first-order valence-corrected chi connectivity index (χ1v) is 6.54. The Morgan fingerprint density at radius 3 is 2.56 bits per heavy atom. The second-order valence-electron chi connectivity index (χ2n) is 4.97. The van der Waals surface area contributed by atoms with E-state index in [4.69, 9.17) is 5.11 Å². The van der Waals surface area contributed by atoms with Crippen molar-refractivity contribution in [3.63, 3.8) is 0 Å². The van der Waals surface area contributed by atoms with E-state index in [1.807, 2.05) is 0 Å². The predicted molar refractivity (Wildman–Crippen MR) is 65.1 cm³/mol. The van der Waals surface area contributed by atoms with Gasteiger partial charge >= 0.3 is 0 Å². The van der Waals surface area contributed by atoms with Gasteiger partial charge in [0.1, 0.15) is 0 Å². The van der Waals surface area contributed by atoms with Crippen molar-refractivity contribution in [3.05, 3.63) is 0 Å². The standard InChI is InChI=1S/C13H25NO2/c1-3-12(10-11-6-4-5-7-11)13(16)14(2)8-9-15/h11-12,15H,3-10H2,1-2H3. The number of rotatable bonds is 6. The van der Waals surface area contributed by atoms with Crippen LogP contribution in [0.1, 0.15) is 45.4 Å². The van der Waals surface area contributed by atoms with E-state index < -0.39 is 0 Å². The van der Waals surface area contributed by atoms with Crippen LogP contribution in [-0.2, 0) is 4.79 Å². The van der Waals surface area contributed by atoms with Gasteiger partial charge in [0.15, 0.2) is 0 Å². The van der Waals surface area contributed by atoms with E-state index in [2.05, 4.69) is 6.92 Å². The predicted octanol–water partition coefficient (Wildman–Crippen LogP) is 2.04. The van der Waals surface area contributed by atoms with Crippen LogP contribution in [0.5, 0.6) is 0 Å². The van der Waals surface area contributed by atoms with Crippen LogP contribution in [0, 0.1) is 11.8 Å². The molecule has 1 amide bonds. The van der Waals surface area contributed by atoms with E-state index >= 15 is 0 Å². The molecule has 1 saturated carbocycles. The van der Waals surface area contributed by atoms with Gasteiger partial charge in [-0.25, -0.2) is 0 Å². The maximum absolute atomic E-state index is 12.1. The number of hydrogen-bond donors (Lipinski definition) is 1. The van der Waals surface area contributed by atoms with Crippen LogP contribution in [0.15, 0.2) is 0 Å². The molecule has 3 nitrogen and oxygen atoms in total. The van der Waals surface area contributed by atoms with E-state index in [1.54, 1.807) is 11.9 Å². The summed E-state index contributed by atoms with van der Waals surface area (Å²) in [4.78, 5) is 13.7. The highest BCUT2D eigenvalue weighted by Gasteiger charge is 2.25. The number of carbonyl (C=O) groups excluding carboxylic acids is 1. The van der Waals surface area contributed by atoms with Crippen molar-refractivity contribution in [2.24, 2.45) is 11.8 Å². The van der Waals surface area contributed by atoms with Gasteiger partial charge in [-0.15, -0.1) is 0 Å². The van der Waals surface area contributed by atoms with Gasteiger partial charge in [0.25, 0.3) is 0 Å². The maximum Gasteiger partial charge on any atom is 0.225 e. The van der Waals surface area contributed by atoms with Crippen LogP contribution in [0.3, 0.4) is 0 Å². The smallest absolute Gasteiger partial charge is 0.225 e. The van der Waals surface area contributed by atoms with E-state index in [-0.39, 0.29) is 18.4 Å².